The fourth-order valence-electron chi connectivity index (χ4n) is 3.57. The molecule has 1 aliphatic heterocycles. The highest BCUT2D eigenvalue weighted by atomic mass is 16.5. The first-order chi connectivity index (χ1) is 9.19. The molecule has 1 saturated carbocycles. The zero-order valence-electron chi connectivity index (χ0n) is 10.6. The van der Waals surface area contributed by atoms with Gasteiger partial charge < -0.3 is 15.2 Å². The van der Waals surface area contributed by atoms with Crippen LogP contribution in [0.3, 0.4) is 0 Å². The molecular formula is C15H17NO3. The van der Waals surface area contributed by atoms with E-state index in [-0.39, 0.29) is 18.6 Å². The molecule has 4 heteroatoms. The van der Waals surface area contributed by atoms with Crippen molar-refractivity contribution in [2.24, 2.45) is 5.92 Å². The Hall–Kier alpha value is -1.39. The Bertz CT molecular complexity index is 536. The van der Waals surface area contributed by atoms with Gasteiger partial charge in [-0.15, -0.1) is 0 Å². The van der Waals surface area contributed by atoms with Crippen LogP contribution in [0.1, 0.15) is 23.5 Å². The maximum atomic E-state index is 12.1. The third kappa shape index (κ3) is 1.63. The number of rotatable bonds is 2. The molecule has 100 valence electrons. The average Bonchev–Trinajstić information content (AvgIpc) is 2.81. The van der Waals surface area contributed by atoms with Crippen LogP contribution in [0, 0.1) is 5.92 Å². The van der Waals surface area contributed by atoms with E-state index in [0.29, 0.717) is 24.9 Å². The first-order valence-electron chi connectivity index (χ1n) is 6.88. The van der Waals surface area contributed by atoms with Crippen molar-refractivity contribution < 1.29 is 14.6 Å². The van der Waals surface area contributed by atoms with Crippen molar-refractivity contribution in [2.75, 3.05) is 13.2 Å². The molecule has 2 aliphatic carbocycles. The Kier molecular flexibility index (Phi) is 2.29. The number of carbonyl (C=O) groups excluding carboxylic acids is 1. The summed E-state index contributed by atoms with van der Waals surface area (Å²) in [7, 11) is 0. The fraction of sp³-hybridized carbons (Fsp3) is 0.533. The highest BCUT2D eigenvalue weighted by molar-refractivity contribution is 5.86. The molecule has 2 fully saturated rings. The van der Waals surface area contributed by atoms with Crippen molar-refractivity contribution in [3.05, 3.63) is 35.4 Å². The van der Waals surface area contributed by atoms with Crippen LogP contribution in [0.5, 0.6) is 0 Å². The van der Waals surface area contributed by atoms with Gasteiger partial charge in [0, 0.05) is 18.4 Å². The summed E-state index contributed by atoms with van der Waals surface area (Å²) in [6.07, 6.45) is 1.44. The van der Waals surface area contributed by atoms with E-state index in [9.17, 15) is 9.90 Å². The molecule has 1 heterocycles. The van der Waals surface area contributed by atoms with Crippen molar-refractivity contribution >= 4 is 5.91 Å². The van der Waals surface area contributed by atoms with Crippen LogP contribution < -0.4 is 5.32 Å². The van der Waals surface area contributed by atoms with E-state index in [1.165, 1.54) is 11.1 Å². The smallest absolute Gasteiger partial charge is 0.254 e. The van der Waals surface area contributed by atoms with E-state index in [1.807, 2.05) is 0 Å². The lowest BCUT2D eigenvalue weighted by Crippen LogP contribution is -2.48. The van der Waals surface area contributed by atoms with Gasteiger partial charge in [-0.1, -0.05) is 24.3 Å². The molecule has 4 rings (SSSR count). The van der Waals surface area contributed by atoms with Gasteiger partial charge in [-0.05, 0) is 23.5 Å². The van der Waals surface area contributed by atoms with Crippen LogP contribution in [0.25, 0.3) is 0 Å². The minimum absolute atomic E-state index is 0.122. The van der Waals surface area contributed by atoms with E-state index < -0.39 is 5.60 Å². The molecule has 0 radical (unpaired) electrons. The molecule has 2 N–H and O–H groups in total. The Labute approximate surface area is 111 Å². The van der Waals surface area contributed by atoms with Crippen molar-refractivity contribution in [2.45, 2.75) is 30.4 Å². The van der Waals surface area contributed by atoms with Crippen molar-refractivity contribution in [3.8, 4) is 0 Å². The van der Waals surface area contributed by atoms with E-state index in [4.69, 9.17) is 4.74 Å². The normalized spacial score (nSPS) is 38.7. The van der Waals surface area contributed by atoms with Crippen LogP contribution in [-0.2, 0) is 16.0 Å². The van der Waals surface area contributed by atoms with E-state index in [2.05, 4.69) is 29.6 Å². The molecule has 1 aromatic rings. The van der Waals surface area contributed by atoms with Gasteiger partial charge in [0.2, 0.25) is 0 Å². The highest BCUT2D eigenvalue weighted by Gasteiger charge is 2.57. The molecule has 3 aliphatic rings. The van der Waals surface area contributed by atoms with Gasteiger partial charge >= 0.3 is 0 Å². The molecule has 1 aromatic carbocycles. The number of ether oxygens (including phenoxy) is 1. The lowest BCUT2D eigenvalue weighted by molar-refractivity contribution is -0.139. The van der Waals surface area contributed by atoms with Crippen LogP contribution >= 0.6 is 0 Å². The third-order valence-corrected chi connectivity index (χ3v) is 4.76. The molecule has 1 saturated heterocycles. The second-order valence-corrected chi connectivity index (χ2v) is 5.93. The molecule has 4 atom stereocenters. The van der Waals surface area contributed by atoms with E-state index >= 15 is 0 Å². The van der Waals surface area contributed by atoms with Gasteiger partial charge in [0.1, 0.15) is 0 Å². The number of benzene rings is 1. The lowest BCUT2D eigenvalue weighted by Gasteiger charge is -2.20. The number of nitrogens with one attached hydrogen (secondary N) is 1. The third-order valence-electron chi connectivity index (χ3n) is 4.76. The van der Waals surface area contributed by atoms with Crippen molar-refractivity contribution in [1.82, 2.24) is 5.32 Å². The minimum Gasteiger partial charge on any atom is -0.378 e. The first kappa shape index (κ1) is 11.4. The van der Waals surface area contributed by atoms with Gasteiger partial charge in [-0.3, -0.25) is 4.79 Å². The maximum absolute atomic E-state index is 12.1. The monoisotopic (exact) mass is 259 g/mol. The minimum atomic E-state index is -1.31. The Morgan fingerprint density at radius 3 is 3.05 bits per heavy atom. The topological polar surface area (TPSA) is 58.6 Å². The van der Waals surface area contributed by atoms with Gasteiger partial charge in [0.15, 0.2) is 5.60 Å². The van der Waals surface area contributed by atoms with Crippen LogP contribution in [-0.4, -0.2) is 35.9 Å². The van der Waals surface area contributed by atoms with Gasteiger partial charge in [0.25, 0.3) is 5.91 Å². The molecule has 0 spiro atoms. The standard InChI is InChI=1S/C15H17NO3/c17-14(15(18)5-6-19-8-15)16-13-11-7-9-3-1-2-4-10(9)12(11)13/h1-4,11-13,18H,5-8H2,(H,16,17). The average molecular weight is 259 g/mol. The predicted octanol–water partition coefficient (Wildman–Crippen LogP) is 0.592. The predicted molar refractivity (Wildman–Crippen MR) is 68.7 cm³/mol. The Morgan fingerprint density at radius 1 is 1.42 bits per heavy atom. The Balaban J connectivity index is 1.46. The molecule has 19 heavy (non-hydrogen) atoms. The van der Waals surface area contributed by atoms with Crippen molar-refractivity contribution in [1.29, 1.82) is 0 Å². The molecular weight excluding hydrogens is 242 g/mol. The largest absolute Gasteiger partial charge is 0.378 e. The number of fused-ring (bicyclic) bond motifs is 3. The molecule has 0 aromatic heterocycles. The zero-order chi connectivity index (χ0) is 13.0. The van der Waals surface area contributed by atoms with Crippen LogP contribution in [0.4, 0.5) is 0 Å². The summed E-state index contributed by atoms with van der Waals surface area (Å²) < 4.78 is 5.12. The molecule has 4 unspecified atom stereocenters. The van der Waals surface area contributed by atoms with Crippen LogP contribution in [0.15, 0.2) is 24.3 Å². The van der Waals surface area contributed by atoms with Gasteiger partial charge in [-0.25, -0.2) is 0 Å². The fourth-order valence-corrected chi connectivity index (χ4v) is 3.57. The first-order valence-corrected chi connectivity index (χ1v) is 6.88. The summed E-state index contributed by atoms with van der Waals surface area (Å²) in [6.45, 7) is 0.585. The van der Waals surface area contributed by atoms with Gasteiger partial charge in [-0.2, -0.15) is 0 Å². The number of carbonyl (C=O) groups is 1. The van der Waals surface area contributed by atoms with Crippen LogP contribution in [0.2, 0.25) is 0 Å². The number of hydrogen-bond donors (Lipinski definition) is 2. The molecule has 4 nitrogen and oxygen atoms in total. The number of aliphatic hydroxyl groups is 1. The summed E-state index contributed by atoms with van der Waals surface area (Å²) in [5, 5.41) is 13.2. The highest BCUT2D eigenvalue weighted by Crippen LogP contribution is 2.56. The number of amides is 1. The lowest BCUT2D eigenvalue weighted by atomic mass is 10.0. The zero-order valence-corrected chi connectivity index (χ0v) is 10.6. The molecule has 0 bridgehead atoms. The second kappa shape index (κ2) is 3.81. The quantitative estimate of drug-likeness (QED) is 0.817. The number of hydrogen-bond acceptors (Lipinski definition) is 3. The summed E-state index contributed by atoms with van der Waals surface area (Å²) in [5.41, 5.74) is 1.47. The summed E-state index contributed by atoms with van der Waals surface area (Å²) in [4.78, 5) is 12.1. The second-order valence-electron chi connectivity index (χ2n) is 5.93. The van der Waals surface area contributed by atoms with Gasteiger partial charge in [0.05, 0.1) is 13.2 Å². The summed E-state index contributed by atoms with van der Waals surface area (Å²) in [6, 6.07) is 8.64. The summed E-state index contributed by atoms with van der Waals surface area (Å²) in [5.74, 6) is 0.709. The van der Waals surface area contributed by atoms with E-state index in [0.717, 1.165) is 6.42 Å². The van der Waals surface area contributed by atoms with E-state index in [1.54, 1.807) is 0 Å². The molecule has 1 amide bonds. The van der Waals surface area contributed by atoms with Crippen molar-refractivity contribution in [3.63, 3.8) is 0 Å². The maximum Gasteiger partial charge on any atom is 0.254 e. The summed E-state index contributed by atoms with van der Waals surface area (Å²) >= 11 is 0. The SMILES string of the molecule is O=C(NC1C2Cc3ccccc3C21)C1(O)CCOC1. The Morgan fingerprint density at radius 2 is 2.26 bits per heavy atom.